The van der Waals surface area contributed by atoms with Crippen LogP contribution in [0.15, 0.2) is 18.3 Å². The first kappa shape index (κ1) is 17.4. The number of hydrogen-bond donors (Lipinski definition) is 0. The fourth-order valence-electron chi connectivity index (χ4n) is 2.41. The second kappa shape index (κ2) is 9.26. The van der Waals surface area contributed by atoms with Gasteiger partial charge in [0.25, 0.3) is 0 Å². The maximum absolute atomic E-state index is 12.2. The minimum absolute atomic E-state index is 0.285. The molecule has 0 N–H and O–H groups in total. The third-order valence-corrected chi connectivity index (χ3v) is 5.06. The van der Waals surface area contributed by atoms with Crippen LogP contribution in [0.5, 0.6) is 0 Å². The zero-order valence-electron chi connectivity index (χ0n) is 13.1. The number of hydrogen-bond acceptors (Lipinski definition) is 4. The molecule has 0 saturated carbocycles. The summed E-state index contributed by atoms with van der Waals surface area (Å²) in [4.78, 5) is 20.7. The van der Waals surface area contributed by atoms with E-state index in [0.29, 0.717) is 11.4 Å². The second-order valence-electron chi connectivity index (χ2n) is 5.42. The molecule has 0 bridgehead atoms. The van der Waals surface area contributed by atoms with E-state index < -0.39 is 0 Å². The highest BCUT2D eigenvalue weighted by atomic mass is 35.5. The molecule has 0 spiro atoms. The summed E-state index contributed by atoms with van der Waals surface area (Å²) in [5.74, 6) is 3.33. The van der Waals surface area contributed by atoms with E-state index in [2.05, 4.69) is 16.8 Å². The SMILES string of the molecule is CCCCSCCC(=O)N1CCN(c2ccc(Cl)cn2)CC1. The number of anilines is 1. The Balaban J connectivity index is 1.70. The second-order valence-corrected chi connectivity index (χ2v) is 7.08. The molecule has 4 nitrogen and oxygen atoms in total. The lowest BCUT2D eigenvalue weighted by atomic mass is 10.3. The Morgan fingerprint density at radius 1 is 1.27 bits per heavy atom. The number of thioether (sulfide) groups is 1. The molecule has 2 rings (SSSR count). The van der Waals surface area contributed by atoms with Crippen LogP contribution < -0.4 is 4.90 Å². The molecule has 122 valence electrons. The maximum atomic E-state index is 12.2. The Kier molecular flexibility index (Phi) is 7.33. The lowest BCUT2D eigenvalue weighted by Crippen LogP contribution is -2.49. The number of aromatic nitrogens is 1. The van der Waals surface area contributed by atoms with E-state index in [9.17, 15) is 4.79 Å². The lowest BCUT2D eigenvalue weighted by Gasteiger charge is -2.35. The van der Waals surface area contributed by atoms with E-state index in [4.69, 9.17) is 11.6 Å². The number of nitrogens with zero attached hydrogens (tertiary/aromatic N) is 3. The van der Waals surface area contributed by atoms with E-state index >= 15 is 0 Å². The average molecular weight is 342 g/mol. The van der Waals surface area contributed by atoms with Gasteiger partial charge in [0.15, 0.2) is 0 Å². The number of piperazine rings is 1. The molecule has 22 heavy (non-hydrogen) atoms. The topological polar surface area (TPSA) is 36.4 Å². The Morgan fingerprint density at radius 2 is 2.05 bits per heavy atom. The summed E-state index contributed by atoms with van der Waals surface area (Å²) in [6.07, 6.45) is 4.79. The first-order chi connectivity index (χ1) is 10.7. The van der Waals surface area contributed by atoms with Gasteiger partial charge in [0.05, 0.1) is 5.02 Å². The zero-order valence-corrected chi connectivity index (χ0v) is 14.7. The number of halogens is 1. The highest BCUT2D eigenvalue weighted by Gasteiger charge is 2.21. The van der Waals surface area contributed by atoms with Gasteiger partial charge in [0.2, 0.25) is 5.91 Å². The number of carbonyl (C=O) groups excluding carboxylic acids is 1. The molecule has 2 heterocycles. The normalized spacial score (nSPS) is 15.2. The molecule has 0 aromatic carbocycles. The molecule has 0 aliphatic carbocycles. The predicted molar refractivity (Wildman–Crippen MR) is 94.9 cm³/mol. The molecular formula is C16H24ClN3OS. The van der Waals surface area contributed by atoms with Crippen molar-refractivity contribution in [2.24, 2.45) is 0 Å². The molecule has 1 aromatic rings. The van der Waals surface area contributed by atoms with Gasteiger partial charge in [-0.1, -0.05) is 24.9 Å². The van der Waals surface area contributed by atoms with Crippen LogP contribution in [0.3, 0.4) is 0 Å². The summed E-state index contributed by atoms with van der Waals surface area (Å²) in [6.45, 7) is 5.43. The van der Waals surface area contributed by atoms with Crippen LogP contribution in [-0.2, 0) is 4.79 Å². The third kappa shape index (κ3) is 5.36. The van der Waals surface area contributed by atoms with E-state index in [0.717, 1.165) is 37.7 Å². The molecule has 1 aromatic heterocycles. The smallest absolute Gasteiger partial charge is 0.223 e. The van der Waals surface area contributed by atoms with Crippen LogP contribution in [0.2, 0.25) is 5.02 Å². The molecule has 0 atom stereocenters. The van der Waals surface area contributed by atoms with Crippen molar-refractivity contribution < 1.29 is 4.79 Å². The van der Waals surface area contributed by atoms with Gasteiger partial charge < -0.3 is 9.80 Å². The number of rotatable bonds is 7. The van der Waals surface area contributed by atoms with E-state index in [1.54, 1.807) is 6.20 Å². The zero-order chi connectivity index (χ0) is 15.8. The van der Waals surface area contributed by atoms with E-state index in [1.165, 1.54) is 18.6 Å². The fourth-order valence-corrected chi connectivity index (χ4v) is 3.53. The molecule has 0 unspecified atom stereocenters. The number of amides is 1. The van der Waals surface area contributed by atoms with Crippen LogP contribution in [0.25, 0.3) is 0 Å². The van der Waals surface area contributed by atoms with Crippen molar-refractivity contribution in [3.05, 3.63) is 23.4 Å². The molecule has 6 heteroatoms. The molecular weight excluding hydrogens is 318 g/mol. The summed E-state index contributed by atoms with van der Waals surface area (Å²) >= 11 is 7.75. The standard InChI is InChI=1S/C16H24ClN3OS/c1-2-3-11-22-12-6-16(21)20-9-7-19(8-10-20)15-5-4-14(17)13-18-15/h4-5,13H,2-3,6-12H2,1H3. The van der Waals surface area contributed by atoms with Gasteiger partial charge in [-0.3, -0.25) is 4.79 Å². The maximum Gasteiger partial charge on any atom is 0.223 e. The minimum atomic E-state index is 0.285. The summed E-state index contributed by atoms with van der Waals surface area (Å²) in [6, 6.07) is 3.79. The molecule has 0 radical (unpaired) electrons. The highest BCUT2D eigenvalue weighted by Crippen LogP contribution is 2.16. The number of pyridine rings is 1. The van der Waals surface area contributed by atoms with Crippen molar-refractivity contribution in [2.45, 2.75) is 26.2 Å². The first-order valence-electron chi connectivity index (χ1n) is 7.92. The van der Waals surface area contributed by atoms with Crippen molar-refractivity contribution in [1.82, 2.24) is 9.88 Å². The van der Waals surface area contributed by atoms with Crippen molar-refractivity contribution in [1.29, 1.82) is 0 Å². The van der Waals surface area contributed by atoms with Crippen molar-refractivity contribution in [2.75, 3.05) is 42.6 Å². The molecule has 1 amide bonds. The van der Waals surface area contributed by atoms with Crippen LogP contribution in [0, 0.1) is 0 Å². The minimum Gasteiger partial charge on any atom is -0.353 e. The van der Waals surface area contributed by atoms with Crippen LogP contribution >= 0.6 is 23.4 Å². The number of unbranched alkanes of at least 4 members (excludes halogenated alkanes) is 1. The lowest BCUT2D eigenvalue weighted by molar-refractivity contribution is -0.131. The Morgan fingerprint density at radius 3 is 2.68 bits per heavy atom. The Hall–Kier alpha value is -0.940. The summed E-state index contributed by atoms with van der Waals surface area (Å²) in [5.41, 5.74) is 0. The fraction of sp³-hybridized carbons (Fsp3) is 0.625. The Labute approximate surface area is 142 Å². The quantitative estimate of drug-likeness (QED) is 0.713. The average Bonchev–Trinajstić information content (AvgIpc) is 2.55. The van der Waals surface area contributed by atoms with Gasteiger partial charge in [0, 0.05) is 44.5 Å². The van der Waals surface area contributed by atoms with Crippen LogP contribution in [0.1, 0.15) is 26.2 Å². The van der Waals surface area contributed by atoms with E-state index in [-0.39, 0.29) is 5.91 Å². The van der Waals surface area contributed by atoms with Gasteiger partial charge in [0.1, 0.15) is 5.82 Å². The van der Waals surface area contributed by atoms with Crippen LogP contribution in [0.4, 0.5) is 5.82 Å². The van der Waals surface area contributed by atoms with Gasteiger partial charge in [-0.25, -0.2) is 4.98 Å². The molecule has 1 saturated heterocycles. The van der Waals surface area contributed by atoms with Crippen LogP contribution in [-0.4, -0.2) is 53.5 Å². The summed E-state index contributed by atoms with van der Waals surface area (Å²) < 4.78 is 0. The molecule has 1 aliphatic heterocycles. The van der Waals surface area contributed by atoms with Gasteiger partial charge in [-0.2, -0.15) is 11.8 Å². The summed E-state index contributed by atoms with van der Waals surface area (Å²) in [7, 11) is 0. The van der Waals surface area contributed by atoms with Crippen molar-refractivity contribution in [3.63, 3.8) is 0 Å². The van der Waals surface area contributed by atoms with E-state index in [1.807, 2.05) is 28.8 Å². The first-order valence-corrected chi connectivity index (χ1v) is 9.46. The molecule has 1 fully saturated rings. The third-order valence-electron chi connectivity index (χ3n) is 3.77. The van der Waals surface area contributed by atoms with Gasteiger partial charge >= 0.3 is 0 Å². The van der Waals surface area contributed by atoms with Crippen molar-refractivity contribution in [3.8, 4) is 0 Å². The molecule has 1 aliphatic rings. The van der Waals surface area contributed by atoms with Gasteiger partial charge in [-0.15, -0.1) is 0 Å². The highest BCUT2D eigenvalue weighted by molar-refractivity contribution is 7.99. The monoisotopic (exact) mass is 341 g/mol. The number of carbonyl (C=O) groups is 1. The predicted octanol–water partition coefficient (Wildman–Crippen LogP) is 3.31. The van der Waals surface area contributed by atoms with Crippen molar-refractivity contribution >= 4 is 35.1 Å². The summed E-state index contributed by atoms with van der Waals surface area (Å²) in [5, 5.41) is 0.651. The van der Waals surface area contributed by atoms with Gasteiger partial charge in [-0.05, 0) is 24.3 Å². The Bertz CT molecular complexity index is 461. The largest absolute Gasteiger partial charge is 0.353 e.